The minimum atomic E-state index is -1.56. The number of carbonyl (C=O) groups is 1. The zero-order valence-corrected chi connectivity index (χ0v) is 19.5. The highest BCUT2D eigenvalue weighted by atomic mass is 32.2. The number of rotatable bonds is 1. The molecule has 5 heteroatoms. The molecule has 0 spiro atoms. The summed E-state index contributed by atoms with van der Waals surface area (Å²) in [4.78, 5) is 15.0. The smallest absolute Gasteiger partial charge is 0.267 e. The molecule has 0 fully saturated rings. The molecule has 162 valence electrons. The summed E-state index contributed by atoms with van der Waals surface area (Å²) in [5, 5.41) is 4.05. The van der Waals surface area contributed by atoms with Gasteiger partial charge in [-0.3, -0.25) is 4.79 Å². The minimum absolute atomic E-state index is 0.238. The van der Waals surface area contributed by atoms with Crippen LogP contribution in [-0.4, -0.2) is 14.4 Å². The number of benzene rings is 4. The van der Waals surface area contributed by atoms with E-state index in [9.17, 15) is 9.00 Å². The topological polar surface area (TPSA) is 37.4 Å². The Hall–Kier alpha value is -3.72. The van der Waals surface area contributed by atoms with Crippen molar-refractivity contribution >= 4 is 49.8 Å². The quantitative estimate of drug-likeness (QED) is 0.265. The Morgan fingerprint density at radius 1 is 0.794 bits per heavy atom. The molecular weight excluding hydrogens is 458 g/mol. The summed E-state index contributed by atoms with van der Waals surface area (Å²) >= 11 is 1.27. The fraction of sp³-hybridized carbons (Fsp3) is 0.0690. The molecule has 1 amide bonds. The van der Waals surface area contributed by atoms with E-state index in [-0.39, 0.29) is 5.91 Å². The Bertz CT molecular complexity index is 1660. The Balaban J connectivity index is 1.51. The van der Waals surface area contributed by atoms with Gasteiger partial charge in [0.15, 0.2) is 0 Å². The van der Waals surface area contributed by atoms with Gasteiger partial charge in [0, 0.05) is 0 Å². The van der Waals surface area contributed by atoms with Crippen molar-refractivity contribution in [2.75, 3.05) is 0 Å². The Labute approximate surface area is 203 Å². The van der Waals surface area contributed by atoms with E-state index in [0.717, 1.165) is 43.8 Å². The van der Waals surface area contributed by atoms with Crippen LogP contribution in [0.1, 0.15) is 48.1 Å². The first-order chi connectivity index (χ1) is 16.6. The van der Waals surface area contributed by atoms with Crippen LogP contribution in [0.2, 0.25) is 0 Å². The maximum Gasteiger partial charge on any atom is 0.276 e. The van der Waals surface area contributed by atoms with E-state index in [0.29, 0.717) is 9.75 Å². The SMILES string of the molecule is C#Cc1ccc(C(=O)N2C3c4cc5ccccc5cc4C(c4cc5ccccc5cc43)S2=O)s1. The second-order valence-electron chi connectivity index (χ2n) is 8.65. The third-order valence-electron chi connectivity index (χ3n) is 6.85. The molecule has 2 aliphatic heterocycles. The van der Waals surface area contributed by atoms with E-state index in [1.165, 1.54) is 11.3 Å². The van der Waals surface area contributed by atoms with Gasteiger partial charge in [-0.05, 0) is 80.2 Å². The van der Waals surface area contributed by atoms with Crippen LogP contribution in [0.4, 0.5) is 0 Å². The fourth-order valence-electron chi connectivity index (χ4n) is 5.34. The summed E-state index contributed by atoms with van der Waals surface area (Å²) in [6, 6.07) is 28.1. The predicted octanol–water partition coefficient (Wildman–Crippen LogP) is 6.35. The van der Waals surface area contributed by atoms with Gasteiger partial charge >= 0.3 is 0 Å². The lowest BCUT2D eigenvalue weighted by Crippen LogP contribution is -2.47. The van der Waals surface area contributed by atoms with Crippen molar-refractivity contribution in [1.82, 2.24) is 4.31 Å². The van der Waals surface area contributed by atoms with Crippen LogP contribution in [0.5, 0.6) is 0 Å². The highest BCUT2D eigenvalue weighted by Crippen LogP contribution is 2.55. The average Bonchev–Trinajstić information content (AvgIpc) is 3.35. The van der Waals surface area contributed by atoms with Crippen LogP contribution in [0.15, 0.2) is 84.9 Å². The minimum Gasteiger partial charge on any atom is -0.267 e. The number of hydrogen-bond donors (Lipinski definition) is 0. The van der Waals surface area contributed by atoms with Crippen LogP contribution in [0.3, 0.4) is 0 Å². The maximum atomic E-state index is 14.1. The zero-order chi connectivity index (χ0) is 23.0. The van der Waals surface area contributed by atoms with Crippen molar-refractivity contribution in [3.05, 3.63) is 117 Å². The van der Waals surface area contributed by atoms with E-state index in [1.807, 2.05) is 24.3 Å². The molecule has 0 radical (unpaired) electrons. The maximum absolute atomic E-state index is 14.1. The fourth-order valence-corrected chi connectivity index (χ4v) is 7.92. The second kappa shape index (κ2) is 7.14. The molecule has 3 aliphatic rings. The molecule has 0 N–H and O–H groups in total. The summed E-state index contributed by atoms with van der Waals surface area (Å²) in [5.74, 6) is 2.36. The molecule has 3 heterocycles. The molecule has 0 saturated heterocycles. The van der Waals surface area contributed by atoms with Gasteiger partial charge in [0.05, 0.1) is 15.8 Å². The number of terminal acetylenes is 1. The number of amides is 1. The standard InChI is InChI=1S/C29H17NO2S2/c1-2-21-11-12-26(33-21)29(31)30-27-22-13-17-7-3-5-9-19(17)15-24(22)28(34(30)32)25-16-20-10-6-4-8-18(20)14-23(25)27/h1,3-16,27-28H. The highest BCUT2D eigenvalue weighted by Gasteiger charge is 2.50. The van der Waals surface area contributed by atoms with E-state index < -0.39 is 22.3 Å². The number of hydrogen-bond acceptors (Lipinski definition) is 3. The number of fused-ring (bicyclic) bond motifs is 3. The lowest BCUT2D eigenvalue weighted by atomic mass is 9.79. The molecule has 3 nitrogen and oxygen atoms in total. The van der Waals surface area contributed by atoms with E-state index in [2.05, 4.69) is 54.5 Å². The van der Waals surface area contributed by atoms with Crippen molar-refractivity contribution in [2.24, 2.45) is 0 Å². The molecule has 1 aliphatic carbocycles. The van der Waals surface area contributed by atoms with Gasteiger partial charge in [-0.25, -0.2) is 8.51 Å². The summed E-state index contributed by atoms with van der Waals surface area (Å²) in [6.07, 6.45) is 5.54. The van der Waals surface area contributed by atoms with Crippen LogP contribution >= 0.6 is 11.3 Å². The summed E-state index contributed by atoms with van der Waals surface area (Å²) in [6.45, 7) is 0. The first kappa shape index (κ1) is 19.7. The highest BCUT2D eigenvalue weighted by molar-refractivity contribution is 7.84. The summed E-state index contributed by atoms with van der Waals surface area (Å²) in [5.41, 5.74) is 4.19. The van der Waals surface area contributed by atoms with Gasteiger partial charge in [-0.2, -0.15) is 0 Å². The van der Waals surface area contributed by atoms with Crippen molar-refractivity contribution in [1.29, 1.82) is 0 Å². The predicted molar refractivity (Wildman–Crippen MR) is 138 cm³/mol. The van der Waals surface area contributed by atoms with E-state index >= 15 is 0 Å². The zero-order valence-electron chi connectivity index (χ0n) is 17.9. The first-order valence-corrected chi connectivity index (χ1v) is 13.0. The summed E-state index contributed by atoms with van der Waals surface area (Å²) in [7, 11) is -1.56. The molecule has 2 bridgehead atoms. The third-order valence-corrected chi connectivity index (χ3v) is 9.53. The number of carbonyl (C=O) groups excluding carboxylic acids is 1. The third kappa shape index (κ3) is 2.64. The largest absolute Gasteiger partial charge is 0.276 e. The van der Waals surface area contributed by atoms with E-state index in [1.54, 1.807) is 16.4 Å². The molecule has 4 aromatic carbocycles. The molecular formula is C29H17NO2S2. The van der Waals surface area contributed by atoms with Crippen LogP contribution in [0.25, 0.3) is 21.5 Å². The van der Waals surface area contributed by atoms with Gasteiger partial charge < -0.3 is 0 Å². The molecule has 8 rings (SSSR count). The van der Waals surface area contributed by atoms with Gasteiger partial charge in [-0.1, -0.05) is 54.5 Å². The van der Waals surface area contributed by atoms with Gasteiger partial charge in [0.2, 0.25) is 0 Å². The number of nitrogens with zero attached hydrogens (tertiary/aromatic N) is 1. The van der Waals surface area contributed by atoms with Crippen molar-refractivity contribution in [2.45, 2.75) is 11.3 Å². The molecule has 1 atom stereocenters. The average molecular weight is 476 g/mol. The van der Waals surface area contributed by atoms with Crippen LogP contribution in [-0.2, 0) is 11.0 Å². The monoisotopic (exact) mass is 475 g/mol. The Morgan fingerprint density at radius 2 is 1.29 bits per heavy atom. The molecule has 5 aromatic rings. The van der Waals surface area contributed by atoms with Crippen LogP contribution < -0.4 is 0 Å². The van der Waals surface area contributed by atoms with Gasteiger partial charge in [0.25, 0.3) is 5.91 Å². The van der Waals surface area contributed by atoms with Crippen molar-refractivity contribution in [3.63, 3.8) is 0 Å². The molecule has 1 unspecified atom stereocenters. The first-order valence-electron chi connectivity index (χ1n) is 11.0. The van der Waals surface area contributed by atoms with E-state index in [4.69, 9.17) is 6.42 Å². The van der Waals surface area contributed by atoms with Crippen molar-refractivity contribution in [3.8, 4) is 12.3 Å². The van der Waals surface area contributed by atoms with Crippen molar-refractivity contribution < 1.29 is 9.00 Å². The molecule has 1 aromatic heterocycles. The molecule has 34 heavy (non-hydrogen) atoms. The summed E-state index contributed by atoms with van der Waals surface area (Å²) < 4.78 is 15.6. The normalized spacial score (nSPS) is 20.2. The Kier molecular flexibility index (Phi) is 4.14. The van der Waals surface area contributed by atoms with Gasteiger partial charge in [-0.15, -0.1) is 17.8 Å². The van der Waals surface area contributed by atoms with Gasteiger partial charge in [0.1, 0.15) is 16.2 Å². The lowest BCUT2D eigenvalue weighted by molar-refractivity contribution is 0.0839. The second-order valence-corrected chi connectivity index (χ2v) is 11.2. The van der Waals surface area contributed by atoms with Crippen LogP contribution in [0, 0.1) is 12.3 Å². The lowest BCUT2D eigenvalue weighted by Gasteiger charge is -2.46. The number of thiophene rings is 1. The molecule has 0 saturated carbocycles. The Morgan fingerprint density at radius 3 is 1.76 bits per heavy atom.